The molecule has 0 aromatic rings. The van der Waals surface area contributed by atoms with E-state index in [-0.39, 0.29) is 5.91 Å². The van der Waals surface area contributed by atoms with Crippen molar-refractivity contribution in [2.75, 3.05) is 26.2 Å². The molecule has 15 heavy (non-hydrogen) atoms. The number of hydrogen-bond donors (Lipinski definition) is 1. The van der Waals surface area contributed by atoms with Crippen molar-refractivity contribution in [1.29, 1.82) is 5.26 Å². The first-order valence-corrected chi connectivity index (χ1v) is 5.57. The Morgan fingerprint density at radius 2 is 2.47 bits per heavy atom. The number of carbonyl (C=O) groups excluding carboxylic acids is 1. The number of rotatable bonds is 4. The SMILES string of the molecule is CCN1CCC(CNC(=O)C(C)C#N)C1. The molecule has 0 aromatic carbocycles. The highest BCUT2D eigenvalue weighted by atomic mass is 16.1. The first-order chi connectivity index (χ1) is 7.17. The third-order valence-corrected chi connectivity index (χ3v) is 2.97. The average Bonchev–Trinajstić information content (AvgIpc) is 2.72. The van der Waals surface area contributed by atoms with Crippen molar-refractivity contribution in [2.45, 2.75) is 20.3 Å². The number of hydrogen-bond acceptors (Lipinski definition) is 3. The van der Waals surface area contributed by atoms with Crippen molar-refractivity contribution in [1.82, 2.24) is 10.2 Å². The van der Waals surface area contributed by atoms with Gasteiger partial charge in [0.15, 0.2) is 0 Å². The van der Waals surface area contributed by atoms with Crippen LogP contribution >= 0.6 is 0 Å². The van der Waals surface area contributed by atoms with Crippen LogP contribution in [0.4, 0.5) is 0 Å². The maximum absolute atomic E-state index is 11.3. The quantitative estimate of drug-likeness (QED) is 0.738. The zero-order valence-electron chi connectivity index (χ0n) is 9.49. The lowest BCUT2D eigenvalue weighted by atomic mass is 10.1. The standard InChI is InChI=1S/C11H19N3O/c1-3-14-5-4-10(8-14)7-13-11(15)9(2)6-12/h9-10H,3-5,7-8H2,1-2H3,(H,13,15). The van der Waals surface area contributed by atoms with Crippen molar-refractivity contribution in [3.05, 3.63) is 0 Å². The normalized spacial score (nSPS) is 23.4. The highest BCUT2D eigenvalue weighted by Crippen LogP contribution is 2.14. The van der Waals surface area contributed by atoms with Gasteiger partial charge in [0.2, 0.25) is 5.91 Å². The second-order valence-corrected chi connectivity index (χ2v) is 4.14. The molecule has 1 rings (SSSR count). The lowest BCUT2D eigenvalue weighted by Crippen LogP contribution is -2.34. The second kappa shape index (κ2) is 5.72. The smallest absolute Gasteiger partial charge is 0.237 e. The molecule has 1 saturated heterocycles. The monoisotopic (exact) mass is 209 g/mol. The van der Waals surface area contributed by atoms with E-state index in [1.807, 2.05) is 6.07 Å². The fraction of sp³-hybridized carbons (Fsp3) is 0.818. The van der Waals surface area contributed by atoms with Crippen LogP contribution in [0, 0.1) is 23.2 Å². The summed E-state index contributed by atoms with van der Waals surface area (Å²) < 4.78 is 0. The molecule has 1 amide bonds. The van der Waals surface area contributed by atoms with Gasteiger partial charge in [0, 0.05) is 13.1 Å². The van der Waals surface area contributed by atoms with Gasteiger partial charge in [0.25, 0.3) is 0 Å². The Balaban J connectivity index is 2.22. The molecule has 1 aliphatic heterocycles. The van der Waals surface area contributed by atoms with E-state index < -0.39 is 5.92 Å². The van der Waals surface area contributed by atoms with Crippen molar-refractivity contribution < 1.29 is 4.79 Å². The molecule has 1 fully saturated rings. The predicted octanol–water partition coefficient (Wildman–Crippen LogP) is 0.604. The van der Waals surface area contributed by atoms with Gasteiger partial charge in [-0.05, 0) is 32.4 Å². The summed E-state index contributed by atoms with van der Waals surface area (Å²) in [6, 6.07) is 1.94. The molecule has 0 radical (unpaired) electrons. The van der Waals surface area contributed by atoms with Crippen molar-refractivity contribution in [3.63, 3.8) is 0 Å². The maximum atomic E-state index is 11.3. The van der Waals surface area contributed by atoms with Crippen LogP contribution in [0.1, 0.15) is 20.3 Å². The van der Waals surface area contributed by atoms with Gasteiger partial charge in [-0.3, -0.25) is 4.79 Å². The highest BCUT2D eigenvalue weighted by Gasteiger charge is 2.22. The molecule has 0 saturated carbocycles. The van der Waals surface area contributed by atoms with Gasteiger partial charge in [-0.15, -0.1) is 0 Å². The topological polar surface area (TPSA) is 56.1 Å². The van der Waals surface area contributed by atoms with E-state index in [0.717, 1.165) is 26.1 Å². The van der Waals surface area contributed by atoms with E-state index in [0.29, 0.717) is 12.5 Å². The van der Waals surface area contributed by atoms with E-state index in [2.05, 4.69) is 17.1 Å². The van der Waals surface area contributed by atoms with Crippen LogP contribution in [0.3, 0.4) is 0 Å². The number of nitrogens with one attached hydrogen (secondary N) is 1. The van der Waals surface area contributed by atoms with E-state index in [9.17, 15) is 4.79 Å². The Kier molecular flexibility index (Phi) is 4.57. The van der Waals surface area contributed by atoms with Crippen molar-refractivity contribution in [3.8, 4) is 6.07 Å². The predicted molar refractivity (Wildman–Crippen MR) is 58.0 cm³/mol. The molecule has 0 aliphatic carbocycles. The molecule has 84 valence electrons. The molecule has 2 atom stereocenters. The molecule has 1 aliphatic rings. The molecule has 0 aromatic heterocycles. The minimum Gasteiger partial charge on any atom is -0.355 e. The van der Waals surface area contributed by atoms with Crippen molar-refractivity contribution >= 4 is 5.91 Å². The fourth-order valence-electron chi connectivity index (χ4n) is 1.82. The third-order valence-electron chi connectivity index (χ3n) is 2.97. The average molecular weight is 209 g/mol. The number of nitriles is 1. The van der Waals surface area contributed by atoms with E-state index in [1.165, 1.54) is 0 Å². The van der Waals surface area contributed by atoms with Crippen LogP contribution in [-0.2, 0) is 4.79 Å². The summed E-state index contributed by atoms with van der Waals surface area (Å²) in [5.74, 6) is -0.124. The summed E-state index contributed by atoms with van der Waals surface area (Å²) >= 11 is 0. The largest absolute Gasteiger partial charge is 0.355 e. The minimum absolute atomic E-state index is 0.146. The first kappa shape index (κ1) is 12.0. The molecule has 2 unspecified atom stereocenters. The summed E-state index contributed by atoms with van der Waals surface area (Å²) in [5.41, 5.74) is 0. The van der Waals surface area contributed by atoms with Gasteiger partial charge in [0.1, 0.15) is 5.92 Å². The fourth-order valence-corrected chi connectivity index (χ4v) is 1.82. The Labute approximate surface area is 91.2 Å². The summed E-state index contributed by atoms with van der Waals surface area (Å²) in [5, 5.41) is 11.4. The zero-order chi connectivity index (χ0) is 11.3. The van der Waals surface area contributed by atoms with Gasteiger partial charge in [0.05, 0.1) is 6.07 Å². The maximum Gasteiger partial charge on any atom is 0.237 e. The van der Waals surface area contributed by atoms with Gasteiger partial charge in [-0.25, -0.2) is 0 Å². The summed E-state index contributed by atoms with van der Waals surface area (Å²) in [4.78, 5) is 13.7. The Morgan fingerprint density at radius 3 is 3.00 bits per heavy atom. The molecular weight excluding hydrogens is 190 g/mol. The van der Waals surface area contributed by atoms with Gasteiger partial charge in [-0.2, -0.15) is 5.26 Å². The summed E-state index contributed by atoms with van der Waals surface area (Å²) in [7, 11) is 0. The van der Waals surface area contributed by atoms with Crippen LogP contribution in [0.2, 0.25) is 0 Å². The Morgan fingerprint density at radius 1 is 1.73 bits per heavy atom. The summed E-state index contributed by atoms with van der Waals surface area (Å²) in [6.07, 6.45) is 1.15. The van der Waals surface area contributed by atoms with Crippen molar-refractivity contribution in [2.24, 2.45) is 11.8 Å². The Hall–Kier alpha value is -1.08. The molecule has 1 N–H and O–H groups in total. The molecule has 4 nitrogen and oxygen atoms in total. The number of nitrogens with zero attached hydrogens (tertiary/aromatic N) is 2. The third kappa shape index (κ3) is 3.52. The minimum atomic E-state index is -0.534. The van der Waals surface area contributed by atoms with Gasteiger partial charge < -0.3 is 10.2 Å². The number of amides is 1. The van der Waals surface area contributed by atoms with Crippen LogP contribution in [0.25, 0.3) is 0 Å². The van der Waals surface area contributed by atoms with Crippen LogP contribution in [-0.4, -0.2) is 37.0 Å². The summed E-state index contributed by atoms with van der Waals surface area (Å²) in [6.45, 7) is 7.77. The zero-order valence-corrected chi connectivity index (χ0v) is 9.49. The number of likely N-dealkylation sites (tertiary alicyclic amines) is 1. The lowest BCUT2D eigenvalue weighted by molar-refractivity contribution is -0.123. The van der Waals surface area contributed by atoms with Crippen LogP contribution in [0.15, 0.2) is 0 Å². The van der Waals surface area contributed by atoms with Gasteiger partial charge in [-0.1, -0.05) is 6.92 Å². The molecular formula is C11H19N3O. The van der Waals surface area contributed by atoms with Crippen LogP contribution in [0.5, 0.6) is 0 Å². The molecule has 0 spiro atoms. The van der Waals surface area contributed by atoms with E-state index in [4.69, 9.17) is 5.26 Å². The molecule has 4 heteroatoms. The lowest BCUT2D eigenvalue weighted by Gasteiger charge is -2.14. The molecule has 0 bridgehead atoms. The molecule has 1 heterocycles. The number of carbonyl (C=O) groups is 1. The first-order valence-electron chi connectivity index (χ1n) is 5.57. The van der Waals surface area contributed by atoms with E-state index >= 15 is 0 Å². The highest BCUT2D eigenvalue weighted by molar-refractivity contribution is 5.80. The Bertz CT molecular complexity index is 259. The van der Waals surface area contributed by atoms with Crippen LogP contribution < -0.4 is 5.32 Å². The van der Waals surface area contributed by atoms with Gasteiger partial charge >= 0.3 is 0 Å². The van der Waals surface area contributed by atoms with E-state index in [1.54, 1.807) is 6.92 Å². The second-order valence-electron chi connectivity index (χ2n) is 4.14.